The third kappa shape index (κ3) is 5.67. The molecule has 2 heterocycles. The van der Waals surface area contributed by atoms with Crippen LogP contribution in [0.4, 0.5) is 14.5 Å². The number of piperazine rings is 1. The topological polar surface area (TPSA) is 84.7 Å². The first kappa shape index (κ1) is 25.3. The van der Waals surface area contributed by atoms with Crippen molar-refractivity contribution in [3.63, 3.8) is 0 Å². The Balaban J connectivity index is 1.39. The highest BCUT2D eigenvalue weighted by atomic mass is 32.2. The van der Waals surface area contributed by atoms with Gasteiger partial charge in [-0.1, -0.05) is 37.3 Å². The van der Waals surface area contributed by atoms with E-state index in [1.807, 2.05) is 11.0 Å². The van der Waals surface area contributed by atoms with Crippen LogP contribution in [0.2, 0.25) is 0 Å². The number of halogens is 2. The summed E-state index contributed by atoms with van der Waals surface area (Å²) in [5.41, 5.74) is 0.449. The molecule has 0 radical (unpaired) electrons. The molecule has 8 nitrogen and oxygen atoms in total. The second kappa shape index (κ2) is 9.86. The van der Waals surface area contributed by atoms with Crippen LogP contribution in [-0.2, 0) is 15.8 Å². The predicted molar refractivity (Wildman–Crippen MR) is 135 cm³/mol. The van der Waals surface area contributed by atoms with E-state index in [2.05, 4.69) is 12.0 Å². The van der Waals surface area contributed by atoms with Crippen molar-refractivity contribution in [2.45, 2.75) is 25.5 Å². The molecule has 1 aliphatic heterocycles. The second-order valence-corrected chi connectivity index (χ2v) is 11.9. The molecule has 0 N–H and O–H groups in total. The molecule has 0 atom stereocenters. The van der Waals surface area contributed by atoms with Crippen molar-refractivity contribution in [2.24, 2.45) is 5.41 Å². The van der Waals surface area contributed by atoms with Crippen molar-refractivity contribution >= 4 is 15.7 Å². The summed E-state index contributed by atoms with van der Waals surface area (Å²) in [6.07, 6.45) is 3.40. The molecule has 0 amide bonds. The number of aromatic nitrogens is 2. The Morgan fingerprint density at radius 2 is 1.65 bits per heavy atom. The third-order valence-corrected chi connectivity index (χ3v) is 8.69. The van der Waals surface area contributed by atoms with Gasteiger partial charge >= 0.3 is 5.56 Å². The van der Waals surface area contributed by atoms with E-state index < -0.39 is 27.2 Å². The zero-order valence-corrected chi connectivity index (χ0v) is 21.3. The molecule has 2 aromatic carbocycles. The first-order valence-corrected chi connectivity index (χ1v) is 13.7. The normalized spacial score (nSPS) is 17.5. The van der Waals surface area contributed by atoms with Crippen molar-refractivity contribution in [3.8, 4) is 11.4 Å². The minimum absolute atomic E-state index is 0.0208. The zero-order valence-electron chi connectivity index (χ0n) is 20.4. The summed E-state index contributed by atoms with van der Waals surface area (Å²) in [7, 11) is -3.51. The van der Waals surface area contributed by atoms with Gasteiger partial charge in [-0.2, -0.15) is 14.1 Å². The molecule has 11 heteroatoms. The summed E-state index contributed by atoms with van der Waals surface area (Å²) in [4.78, 5) is 15.3. The lowest BCUT2D eigenvalue weighted by molar-refractivity contribution is 0.242. The standard InChI is InChI=1S/C26H28F2N4O4S/c1-26(7-8-26)18-36-24-23(16-29-32(25(24)33)22-14-20(27)13-21(28)15-22)30-9-11-31(12-10-30)37(34,35)17-19-5-3-2-4-6-19/h2-6,13-16H,7-12,17-18H2,1H3. The molecule has 0 spiro atoms. The Bertz CT molecular complexity index is 1430. The number of nitrogens with zero attached hydrogens (tertiary/aromatic N) is 4. The Hall–Kier alpha value is -3.31. The summed E-state index contributed by atoms with van der Waals surface area (Å²) in [6, 6.07) is 11.8. The molecule has 2 fully saturated rings. The fourth-order valence-corrected chi connectivity index (χ4v) is 5.84. The minimum atomic E-state index is -3.51. The van der Waals surface area contributed by atoms with Crippen molar-refractivity contribution < 1.29 is 21.9 Å². The lowest BCUT2D eigenvalue weighted by Gasteiger charge is -2.35. The number of ether oxygens (including phenoxy) is 1. The van der Waals surface area contributed by atoms with E-state index in [-0.39, 0.29) is 35.7 Å². The molecular formula is C26H28F2N4O4S. The molecule has 1 saturated carbocycles. The molecule has 37 heavy (non-hydrogen) atoms. The average Bonchev–Trinajstić information content (AvgIpc) is 3.60. The van der Waals surface area contributed by atoms with Crippen molar-refractivity contribution in [1.29, 1.82) is 0 Å². The summed E-state index contributed by atoms with van der Waals surface area (Å²) >= 11 is 0. The molecule has 1 aromatic heterocycles. The summed E-state index contributed by atoms with van der Waals surface area (Å²) in [5, 5.41) is 4.17. The quantitative estimate of drug-likeness (QED) is 0.444. The maximum atomic E-state index is 13.8. The van der Waals surface area contributed by atoms with Crippen LogP contribution in [0.5, 0.6) is 5.75 Å². The predicted octanol–water partition coefficient (Wildman–Crippen LogP) is 3.34. The van der Waals surface area contributed by atoms with Crippen LogP contribution in [0.1, 0.15) is 25.3 Å². The van der Waals surface area contributed by atoms with Gasteiger partial charge in [0.2, 0.25) is 15.8 Å². The molecule has 0 unspecified atom stereocenters. The Labute approximate surface area is 214 Å². The van der Waals surface area contributed by atoms with Gasteiger partial charge in [0.25, 0.3) is 0 Å². The Morgan fingerprint density at radius 1 is 1.00 bits per heavy atom. The Kier molecular flexibility index (Phi) is 6.76. The van der Waals surface area contributed by atoms with E-state index in [9.17, 15) is 22.0 Å². The lowest BCUT2D eigenvalue weighted by atomic mass is 10.2. The van der Waals surface area contributed by atoms with Gasteiger partial charge in [0.15, 0.2) is 0 Å². The number of sulfonamides is 1. The number of rotatable bonds is 8. The maximum Gasteiger partial charge on any atom is 0.316 e. The van der Waals surface area contributed by atoms with Gasteiger partial charge in [0, 0.05) is 37.7 Å². The van der Waals surface area contributed by atoms with Gasteiger partial charge < -0.3 is 9.64 Å². The van der Waals surface area contributed by atoms with Crippen LogP contribution in [0.3, 0.4) is 0 Å². The fourth-order valence-electron chi connectivity index (χ4n) is 4.32. The van der Waals surface area contributed by atoms with Crippen LogP contribution in [0, 0.1) is 17.0 Å². The maximum absolute atomic E-state index is 13.8. The smallest absolute Gasteiger partial charge is 0.316 e. The monoisotopic (exact) mass is 530 g/mol. The van der Waals surface area contributed by atoms with Gasteiger partial charge in [0.1, 0.15) is 17.3 Å². The van der Waals surface area contributed by atoms with Crippen molar-refractivity contribution in [1.82, 2.24) is 14.1 Å². The van der Waals surface area contributed by atoms with Crippen LogP contribution in [0.25, 0.3) is 5.69 Å². The van der Waals surface area contributed by atoms with Gasteiger partial charge in [-0.05, 0) is 30.5 Å². The minimum Gasteiger partial charge on any atom is -0.486 e. The number of hydrogen-bond donors (Lipinski definition) is 0. The summed E-state index contributed by atoms with van der Waals surface area (Å²) in [6.45, 7) is 3.53. The highest BCUT2D eigenvalue weighted by Crippen LogP contribution is 2.45. The lowest BCUT2D eigenvalue weighted by Crippen LogP contribution is -2.49. The summed E-state index contributed by atoms with van der Waals surface area (Å²) < 4.78 is 61.9. The molecule has 196 valence electrons. The number of hydrogen-bond acceptors (Lipinski definition) is 6. The number of anilines is 1. The van der Waals surface area contributed by atoms with E-state index in [0.29, 0.717) is 25.4 Å². The molecule has 3 aromatic rings. The zero-order chi connectivity index (χ0) is 26.2. The number of benzene rings is 2. The molecule has 5 rings (SSSR count). The average molecular weight is 531 g/mol. The van der Waals surface area contributed by atoms with Gasteiger partial charge in [-0.25, -0.2) is 17.2 Å². The highest BCUT2D eigenvalue weighted by Gasteiger charge is 2.39. The first-order valence-electron chi connectivity index (χ1n) is 12.1. The summed E-state index contributed by atoms with van der Waals surface area (Å²) in [5.74, 6) is -1.70. The van der Waals surface area contributed by atoms with E-state index >= 15 is 0 Å². The van der Waals surface area contributed by atoms with Crippen molar-refractivity contribution in [2.75, 3.05) is 37.7 Å². The van der Waals surface area contributed by atoms with Gasteiger partial charge in [-0.3, -0.25) is 4.79 Å². The van der Waals surface area contributed by atoms with E-state index in [4.69, 9.17) is 4.74 Å². The van der Waals surface area contributed by atoms with E-state index in [1.54, 1.807) is 24.3 Å². The second-order valence-electron chi connectivity index (χ2n) is 9.93. The Morgan fingerprint density at radius 3 is 2.27 bits per heavy atom. The first-order chi connectivity index (χ1) is 17.6. The van der Waals surface area contributed by atoms with Crippen LogP contribution in [-0.4, -0.2) is 55.3 Å². The van der Waals surface area contributed by atoms with Crippen molar-refractivity contribution in [3.05, 3.63) is 82.3 Å². The third-order valence-electron chi connectivity index (χ3n) is 6.84. The highest BCUT2D eigenvalue weighted by molar-refractivity contribution is 7.88. The molecule has 2 aliphatic rings. The van der Waals surface area contributed by atoms with Crippen LogP contribution in [0.15, 0.2) is 59.5 Å². The van der Waals surface area contributed by atoms with Gasteiger partial charge in [0.05, 0.1) is 24.2 Å². The molecule has 1 saturated heterocycles. The molecular weight excluding hydrogens is 502 g/mol. The largest absolute Gasteiger partial charge is 0.486 e. The fraction of sp³-hybridized carbons (Fsp3) is 0.385. The van der Waals surface area contributed by atoms with E-state index in [1.165, 1.54) is 10.5 Å². The van der Waals surface area contributed by atoms with Gasteiger partial charge in [-0.15, -0.1) is 0 Å². The SMILES string of the molecule is CC1(COc2c(N3CCN(S(=O)(=O)Cc4ccccc4)CC3)cnn(-c3cc(F)cc(F)c3)c2=O)CC1. The molecule has 1 aliphatic carbocycles. The molecule has 0 bridgehead atoms. The van der Waals surface area contributed by atoms with Crippen LogP contribution >= 0.6 is 0 Å². The van der Waals surface area contributed by atoms with E-state index in [0.717, 1.165) is 41.3 Å². The van der Waals surface area contributed by atoms with Crippen LogP contribution < -0.4 is 15.2 Å².